The first kappa shape index (κ1) is 13.3. The van der Waals surface area contributed by atoms with Crippen LogP contribution in [0.25, 0.3) is 11.0 Å². The highest BCUT2D eigenvalue weighted by molar-refractivity contribution is 14.1. The lowest BCUT2D eigenvalue weighted by atomic mass is 10.2. The van der Waals surface area contributed by atoms with Crippen LogP contribution in [0.2, 0.25) is 0 Å². The van der Waals surface area contributed by atoms with Gasteiger partial charge in [-0.25, -0.2) is 19.4 Å². The van der Waals surface area contributed by atoms with Crippen LogP contribution in [-0.2, 0) is 0 Å². The molecule has 1 aliphatic carbocycles. The van der Waals surface area contributed by atoms with Crippen LogP contribution in [0.3, 0.4) is 0 Å². The zero-order valence-electron chi connectivity index (χ0n) is 10.5. The van der Waals surface area contributed by atoms with Crippen molar-refractivity contribution in [1.29, 1.82) is 0 Å². The predicted molar refractivity (Wildman–Crippen MR) is 80.3 cm³/mol. The molecule has 3 rings (SSSR count). The molecule has 1 aliphatic rings. The van der Waals surface area contributed by atoms with Crippen molar-refractivity contribution in [2.45, 2.75) is 31.3 Å². The summed E-state index contributed by atoms with van der Waals surface area (Å²) >= 11 is 2.11. The maximum absolute atomic E-state index is 10.7. The van der Waals surface area contributed by atoms with E-state index in [1.165, 1.54) is 6.33 Å². The molecular weight excluding hydrogens is 375 g/mol. The number of halogens is 1. The summed E-state index contributed by atoms with van der Waals surface area (Å²) in [5.74, 6) is 0.420. The number of hydrogen-bond acceptors (Lipinski definition) is 5. The fourth-order valence-electron chi connectivity index (χ4n) is 2.69. The number of carbonyl (C=O) groups is 1. The zero-order valence-corrected chi connectivity index (χ0v) is 12.6. The number of nitrogen functional groups attached to an aromatic ring is 1. The van der Waals surface area contributed by atoms with Crippen molar-refractivity contribution < 1.29 is 9.90 Å². The molecule has 0 spiro atoms. The van der Waals surface area contributed by atoms with Crippen LogP contribution in [0.5, 0.6) is 0 Å². The molecule has 1 amide bonds. The van der Waals surface area contributed by atoms with Crippen molar-refractivity contribution in [2.24, 2.45) is 0 Å². The number of nitrogens with one attached hydrogen (secondary N) is 1. The Labute approximate surface area is 127 Å². The average molecular weight is 388 g/mol. The summed E-state index contributed by atoms with van der Waals surface area (Å²) in [6.45, 7) is 0. The van der Waals surface area contributed by atoms with Gasteiger partial charge in [0, 0.05) is 6.04 Å². The maximum Gasteiger partial charge on any atom is 0.404 e. The Morgan fingerprint density at radius 2 is 2.30 bits per heavy atom. The minimum Gasteiger partial charge on any atom is -0.465 e. The van der Waals surface area contributed by atoms with E-state index >= 15 is 0 Å². The molecule has 0 aromatic carbocycles. The third-order valence-corrected chi connectivity index (χ3v) is 4.31. The summed E-state index contributed by atoms with van der Waals surface area (Å²) < 4.78 is 2.61. The number of aromatic nitrogens is 4. The monoisotopic (exact) mass is 388 g/mol. The van der Waals surface area contributed by atoms with Gasteiger partial charge in [0.25, 0.3) is 0 Å². The predicted octanol–water partition coefficient (Wildman–Crippen LogP) is 1.37. The van der Waals surface area contributed by atoms with E-state index in [-0.39, 0.29) is 12.1 Å². The highest BCUT2D eigenvalue weighted by Gasteiger charge is 2.29. The molecule has 9 heteroatoms. The van der Waals surface area contributed by atoms with Gasteiger partial charge in [-0.3, -0.25) is 0 Å². The molecule has 2 atom stereocenters. The van der Waals surface area contributed by atoms with Crippen LogP contribution in [-0.4, -0.2) is 37.0 Å². The van der Waals surface area contributed by atoms with Crippen LogP contribution in [0.15, 0.2) is 6.33 Å². The van der Waals surface area contributed by atoms with Gasteiger partial charge in [-0.05, 0) is 41.9 Å². The fraction of sp³-hybridized carbons (Fsp3) is 0.455. The molecule has 2 aromatic rings. The molecule has 0 saturated heterocycles. The summed E-state index contributed by atoms with van der Waals surface area (Å²) in [4.78, 5) is 18.9. The quantitative estimate of drug-likeness (QED) is 0.669. The van der Waals surface area contributed by atoms with E-state index in [0.29, 0.717) is 17.9 Å². The van der Waals surface area contributed by atoms with Crippen LogP contribution in [0.1, 0.15) is 25.3 Å². The van der Waals surface area contributed by atoms with Crippen molar-refractivity contribution in [1.82, 2.24) is 25.1 Å². The van der Waals surface area contributed by atoms with Gasteiger partial charge in [-0.2, -0.15) is 5.10 Å². The van der Waals surface area contributed by atoms with E-state index in [2.05, 4.69) is 43.0 Å². The molecule has 4 N–H and O–H groups in total. The van der Waals surface area contributed by atoms with Crippen LogP contribution in [0, 0.1) is 3.70 Å². The van der Waals surface area contributed by atoms with Crippen molar-refractivity contribution >= 4 is 45.5 Å². The Morgan fingerprint density at radius 3 is 3.05 bits per heavy atom. The van der Waals surface area contributed by atoms with Gasteiger partial charge < -0.3 is 16.2 Å². The van der Waals surface area contributed by atoms with Crippen LogP contribution >= 0.6 is 22.6 Å². The second-order valence-electron chi connectivity index (χ2n) is 4.81. The summed E-state index contributed by atoms with van der Waals surface area (Å²) in [6, 6.07) is 0.0979. The number of nitrogens with two attached hydrogens (primary N) is 1. The first-order valence-corrected chi connectivity index (χ1v) is 7.27. The summed E-state index contributed by atoms with van der Waals surface area (Å²) in [5.41, 5.74) is 6.57. The van der Waals surface area contributed by atoms with Crippen LogP contribution < -0.4 is 11.1 Å². The number of carboxylic acid groups (broad SMARTS) is 1. The van der Waals surface area contributed by atoms with Crippen molar-refractivity contribution in [3.63, 3.8) is 0 Å². The van der Waals surface area contributed by atoms with Crippen molar-refractivity contribution in [3.05, 3.63) is 10.0 Å². The van der Waals surface area contributed by atoms with E-state index in [0.717, 1.165) is 21.9 Å². The Morgan fingerprint density at radius 1 is 1.50 bits per heavy atom. The molecule has 1 fully saturated rings. The number of nitrogens with zero attached hydrogens (tertiary/aromatic N) is 4. The molecule has 0 bridgehead atoms. The molecule has 8 nitrogen and oxygen atoms in total. The van der Waals surface area contributed by atoms with E-state index in [1.807, 2.05) is 4.68 Å². The number of rotatable bonds is 2. The average Bonchev–Trinajstić information content (AvgIpc) is 2.94. The summed E-state index contributed by atoms with van der Waals surface area (Å²) in [5, 5.41) is 16.6. The Kier molecular flexibility index (Phi) is 3.36. The topological polar surface area (TPSA) is 119 Å². The molecule has 106 valence electrons. The highest BCUT2D eigenvalue weighted by atomic mass is 127. The Bertz CT molecular complexity index is 672. The van der Waals surface area contributed by atoms with Gasteiger partial charge in [0.2, 0.25) is 0 Å². The minimum absolute atomic E-state index is 0.0337. The van der Waals surface area contributed by atoms with E-state index in [4.69, 9.17) is 10.8 Å². The molecule has 20 heavy (non-hydrogen) atoms. The van der Waals surface area contributed by atoms with Gasteiger partial charge in [-0.15, -0.1) is 0 Å². The maximum atomic E-state index is 10.7. The molecular formula is C11H13IN6O2. The van der Waals surface area contributed by atoms with Gasteiger partial charge in [0.1, 0.15) is 15.8 Å². The first-order chi connectivity index (χ1) is 9.56. The smallest absolute Gasteiger partial charge is 0.404 e. The van der Waals surface area contributed by atoms with E-state index in [9.17, 15) is 4.79 Å². The summed E-state index contributed by atoms with van der Waals surface area (Å²) in [7, 11) is 0. The Hall–Kier alpha value is -1.65. The third-order valence-electron chi connectivity index (χ3n) is 3.55. The highest BCUT2D eigenvalue weighted by Crippen LogP contribution is 2.33. The molecule has 0 aliphatic heterocycles. The number of amides is 1. The fourth-order valence-corrected chi connectivity index (χ4v) is 3.44. The molecule has 0 radical (unpaired) electrons. The third kappa shape index (κ3) is 2.25. The second-order valence-corrected chi connectivity index (χ2v) is 5.83. The van der Waals surface area contributed by atoms with Crippen LogP contribution in [0.4, 0.5) is 10.6 Å². The van der Waals surface area contributed by atoms with Gasteiger partial charge in [0.15, 0.2) is 5.65 Å². The minimum atomic E-state index is -0.984. The van der Waals surface area contributed by atoms with Gasteiger partial charge >= 0.3 is 6.09 Å². The SMILES string of the molecule is Nc1ncnc2c1c(I)nn2[C@H]1CCC(NC(=O)O)C1. The lowest BCUT2D eigenvalue weighted by Crippen LogP contribution is -2.31. The van der Waals surface area contributed by atoms with E-state index < -0.39 is 6.09 Å². The lowest BCUT2D eigenvalue weighted by Gasteiger charge is -2.12. The molecule has 1 saturated carbocycles. The van der Waals surface area contributed by atoms with Crippen molar-refractivity contribution in [2.75, 3.05) is 5.73 Å². The normalized spacial score (nSPS) is 22.2. The van der Waals surface area contributed by atoms with Gasteiger partial charge in [0.05, 0.1) is 11.4 Å². The second kappa shape index (κ2) is 5.04. The number of hydrogen-bond donors (Lipinski definition) is 3. The first-order valence-electron chi connectivity index (χ1n) is 6.20. The number of anilines is 1. The Balaban J connectivity index is 1.92. The zero-order chi connectivity index (χ0) is 14.3. The number of fused-ring (bicyclic) bond motifs is 1. The van der Waals surface area contributed by atoms with E-state index in [1.54, 1.807) is 0 Å². The van der Waals surface area contributed by atoms with Gasteiger partial charge in [-0.1, -0.05) is 0 Å². The lowest BCUT2D eigenvalue weighted by molar-refractivity contribution is 0.189. The molecule has 1 unspecified atom stereocenters. The molecule has 2 aromatic heterocycles. The van der Waals surface area contributed by atoms with Crippen molar-refractivity contribution in [3.8, 4) is 0 Å². The summed E-state index contributed by atoms with van der Waals surface area (Å²) in [6.07, 6.45) is 2.82. The molecule has 2 heterocycles. The standard InChI is InChI=1S/C11H13IN6O2/c12-8-7-9(13)14-4-15-10(7)18(17-8)6-2-1-5(3-6)16-11(19)20/h4-6,16H,1-3H2,(H,19,20)(H2,13,14,15)/t5?,6-/m0/s1. The largest absolute Gasteiger partial charge is 0.465 e.